The molecular formula is C16H30N2. The number of hydrogen-bond donors (Lipinski definition) is 1. The van der Waals surface area contributed by atoms with Crippen LogP contribution >= 0.6 is 0 Å². The van der Waals surface area contributed by atoms with Crippen molar-refractivity contribution in [2.24, 2.45) is 5.92 Å². The van der Waals surface area contributed by atoms with Crippen molar-refractivity contribution in [2.75, 3.05) is 13.1 Å². The van der Waals surface area contributed by atoms with Gasteiger partial charge in [-0.2, -0.15) is 0 Å². The molecule has 1 aliphatic heterocycles. The predicted octanol–water partition coefficient (Wildman–Crippen LogP) is 3.17. The molecule has 2 aliphatic carbocycles. The van der Waals surface area contributed by atoms with Gasteiger partial charge >= 0.3 is 0 Å². The summed E-state index contributed by atoms with van der Waals surface area (Å²) in [7, 11) is 0. The first-order chi connectivity index (χ1) is 8.78. The molecule has 2 heteroatoms. The molecule has 1 heterocycles. The summed E-state index contributed by atoms with van der Waals surface area (Å²) in [6.45, 7) is 7.35. The van der Waals surface area contributed by atoms with E-state index in [0.29, 0.717) is 5.54 Å². The Bertz CT molecular complexity index is 275. The molecule has 1 unspecified atom stereocenters. The van der Waals surface area contributed by atoms with Crippen molar-refractivity contribution in [1.29, 1.82) is 0 Å². The fourth-order valence-electron chi connectivity index (χ4n) is 4.42. The van der Waals surface area contributed by atoms with Crippen LogP contribution in [0.3, 0.4) is 0 Å². The van der Waals surface area contributed by atoms with Crippen LogP contribution in [0.1, 0.15) is 65.2 Å². The molecule has 0 amide bonds. The average molecular weight is 250 g/mol. The zero-order valence-corrected chi connectivity index (χ0v) is 12.3. The average Bonchev–Trinajstić information content (AvgIpc) is 3.13. The topological polar surface area (TPSA) is 15.3 Å². The molecule has 0 bridgehead atoms. The number of piperazine rings is 1. The Hall–Kier alpha value is -0.0800. The first-order valence-electron chi connectivity index (χ1n) is 8.29. The molecule has 0 aromatic carbocycles. The van der Waals surface area contributed by atoms with Crippen molar-refractivity contribution in [3.05, 3.63) is 0 Å². The second-order valence-corrected chi connectivity index (χ2v) is 6.92. The summed E-state index contributed by atoms with van der Waals surface area (Å²) in [5.41, 5.74) is 0.494. The van der Waals surface area contributed by atoms with Crippen molar-refractivity contribution in [1.82, 2.24) is 10.2 Å². The van der Waals surface area contributed by atoms with E-state index in [1.54, 1.807) is 0 Å². The third-order valence-electron chi connectivity index (χ3n) is 5.74. The van der Waals surface area contributed by atoms with Gasteiger partial charge in [0, 0.05) is 30.7 Å². The maximum absolute atomic E-state index is 3.96. The predicted molar refractivity (Wildman–Crippen MR) is 76.8 cm³/mol. The zero-order chi connectivity index (χ0) is 12.6. The van der Waals surface area contributed by atoms with Gasteiger partial charge in [-0.3, -0.25) is 4.90 Å². The van der Waals surface area contributed by atoms with Crippen molar-refractivity contribution in [3.63, 3.8) is 0 Å². The molecule has 104 valence electrons. The molecule has 0 aromatic rings. The van der Waals surface area contributed by atoms with E-state index in [-0.39, 0.29) is 0 Å². The maximum atomic E-state index is 3.96. The fraction of sp³-hybridized carbons (Fsp3) is 1.00. The Morgan fingerprint density at radius 3 is 2.39 bits per heavy atom. The minimum Gasteiger partial charge on any atom is -0.308 e. The minimum absolute atomic E-state index is 0.494. The summed E-state index contributed by atoms with van der Waals surface area (Å²) >= 11 is 0. The molecular weight excluding hydrogens is 220 g/mol. The quantitative estimate of drug-likeness (QED) is 0.824. The Kier molecular flexibility index (Phi) is 3.68. The Morgan fingerprint density at radius 1 is 1.17 bits per heavy atom. The molecule has 18 heavy (non-hydrogen) atoms. The number of rotatable bonds is 4. The van der Waals surface area contributed by atoms with E-state index in [1.165, 1.54) is 64.5 Å². The van der Waals surface area contributed by atoms with Gasteiger partial charge in [0.05, 0.1) is 0 Å². The van der Waals surface area contributed by atoms with Gasteiger partial charge in [0.25, 0.3) is 0 Å². The lowest BCUT2D eigenvalue weighted by Gasteiger charge is -2.49. The maximum Gasteiger partial charge on any atom is 0.0309 e. The highest BCUT2D eigenvalue weighted by Crippen LogP contribution is 2.41. The van der Waals surface area contributed by atoms with Gasteiger partial charge in [0.1, 0.15) is 0 Å². The van der Waals surface area contributed by atoms with Crippen LogP contribution in [0.2, 0.25) is 0 Å². The lowest BCUT2D eigenvalue weighted by molar-refractivity contribution is 0.0294. The van der Waals surface area contributed by atoms with E-state index in [4.69, 9.17) is 0 Å². The van der Waals surface area contributed by atoms with Gasteiger partial charge < -0.3 is 5.32 Å². The summed E-state index contributed by atoms with van der Waals surface area (Å²) in [5.74, 6) is 1.01. The monoisotopic (exact) mass is 250 g/mol. The van der Waals surface area contributed by atoms with E-state index in [9.17, 15) is 0 Å². The molecule has 1 atom stereocenters. The summed E-state index contributed by atoms with van der Waals surface area (Å²) in [5, 5.41) is 3.96. The molecule has 2 saturated carbocycles. The van der Waals surface area contributed by atoms with Crippen LogP contribution in [-0.2, 0) is 0 Å². The molecule has 1 saturated heterocycles. The summed E-state index contributed by atoms with van der Waals surface area (Å²) in [6, 6.07) is 1.68. The van der Waals surface area contributed by atoms with Crippen molar-refractivity contribution >= 4 is 0 Å². The molecule has 0 radical (unpaired) electrons. The SMILES string of the molecule is CCC(CC)N1CC2(CCCC2)NCC1C1CC1. The molecule has 0 aromatic heterocycles. The summed E-state index contributed by atoms with van der Waals surface area (Å²) in [4.78, 5) is 2.92. The number of nitrogens with zero attached hydrogens (tertiary/aromatic N) is 1. The molecule has 1 N–H and O–H groups in total. The van der Waals surface area contributed by atoms with Gasteiger partial charge in [-0.1, -0.05) is 26.7 Å². The minimum atomic E-state index is 0.494. The highest BCUT2D eigenvalue weighted by atomic mass is 15.3. The van der Waals surface area contributed by atoms with Gasteiger partial charge in [-0.25, -0.2) is 0 Å². The van der Waals surface area contributed by atoms with Crippen LogP contribution in [0.15, 0.2) is 0 Å². The first kappa shape index (κ1) is 12.9. The second-order valence-electron chi connectivity index (χ2n) is 6.92. The van der Waals surface area contributed by atoms with Gasteiger partial charge in [-0.15, -0.1) is 0 Å². The van der Waals surface area contributed by atoms with E-state index < -0.39 is 0 Å². The van der Waals surface area contributed by atoms with Gasteiger partial charge in [0.15, 0.2) is 0 Å². The van der Waals surface area contributed by atoms with Crippen molar-refractivity contribution in [2.45, 2.75) is 82.8 Å². The third kappa shape index (κ3) is 2.34. The van der Waals surface area contributed by atoms with Crippen LogP contribution in [0.5, 0.6) is 0 Å². The molecule has 2 nitrogen and oxygen atoms in total. The molecule has 3 rings (SSSR count). The van der Waals surface area contributed by atoms with Crippen molar-refractivity contribution in [3.8, 4) is 0 Å². The summed E-state index contributed by atoms with van der Waals surface area (Å²) < 4.78 is 0. The Morgan fingerprint density at radius 2 is 1.83 bits per heavy atom. The van der Waals surface area contributed by atoms with Crippen LogP contribution < -0.4 is 5.32 Å². The molecule has 1 spiro atoms. The lowest BCUT2D eigenvalue weighted by Crippen LogP contribution is -2.65. The third-order valence-corrected chi connectivity index (χ3v) is 5.74. The van der Waals surface area contributed by atoms with E-state index >= 15 is 0 Å². The van der Waals surface area contributed by atoms with Gasteiger partial charge in [0.2, 0.25) is 0 Å². The Labute approximate surface area is 113 Å². The van der Waals surface area contributed by atoms with Crippen LogP contribution in [-0.4, -0.2) is 35.6 Å². The van der Waals surface area contributed by atoms with Crippen LogP contribution in [0.25, 0.3) is 0 Å². The Balaban J connectivity index is 1.74. The van der Waals surface area contributed by atoms with E-state index in [2.05, 4.69) is 24.1 Å². The molecule has 3 fully saturated rings. The zero-order valence-electron chi connectivity index (χ0n) is 12.3. The number of hydrogen-bond acceptors (Lipinski definition) is 2. The lowest BCUT2D eigenvalue weighted by atomic mass is 9.89. The second kappa shape index (κ2) is 5.13. The molecule has 3 aliphatic rings. The highest BCUT2D eigenvalue weighted by molar-refractivity contribution is 5.05. The standard InChI is InChI=1S/C16H30N2/c1-3-14(4-2)18-12-16(9-5-6-10-16)17-11-15(18)13-7-8-13/h13-15,17H,3-12H2,1-2H3. The largest absolute Gasteiger partial charge is 0.308 e. The number of nitrogens with one attached hydrogen (secondary N) is 1. The van der Waals surface area contributed by atoms with E-state index in [1.807, 2.05) is 0 Å². The van der Waals surface area contributed by atoms with Crippen LogP contribution in [0, 0.1) is 5.92 Å². The van der Waals surface area contributed by atoms with Crippen LogP contribution in [0.4, 0.5) is 0 Å². The fourth-order valence-corrected chi connectivity index (χ4v) is 4.42. The summed E-state index contributed by atoms with van der Waals surface area (Å²) in [6.07, 6.45) is 11.3. The first-order valence-corrected chi connectivity index (χ1v) is 8.29. The van der Waals surface area contributed by atoms with Gasteiger partial charge in [-0.05, 0) is 44.4 Å². The van der Waals surface area contributed by atoms with Crippen molar-refractivity contribution < 1.29 is 0 Å². The van der Waals surface area contributed by atoms with E-state index in [0.717, 1.165) is 18.0 Å². The normalized spacial score (nSPS) is 32.5. The smallest absolute Gasteiger partial charge is 0.0309 e. The highest BCUT2D eigenvalue weighted by Gasteiger charge is 2.46.